The highest BCUT2D eigenvalue weighted by Crippen LogP contribution is 2.59. The smallest absolute Gasteiger partial charge is 0.0714 e. The third-order valence-corrected chi connectivity index (χ3v) is 14.1. The quantitative estimate of drug-likeness (QED) is 0.148. The molecule has 0 N–H and O–H groups in total. The van der Waals surface area contributed by atoms with Gasteiger partial charge in [0.05, 0.1) is 22.1 Å². The van der Waals surface area contributed by atoms with Crippen LogP contribution < -0.4 is 4.90 Å². The molecule has 0 spiro atoms. The van der Waals surface area contributed by atoms with E-state index in [4.69, 9.17) is 0 Å². The standard InChI is InChI=1S/C65H44N2/c1-5-18-45(19-6-1)46-32-38-53(39-33-46)66(61-31-17-30-60-63(61)58-28-15-16-29-59(58)65(60,50-21-7-2-8-22-50)51-23-9-3-10-24-51)54-40-34-47(35-41-54)49-37-42-56-57-43-36-48-20-13-14-27-55(48)64(57)67(62(56)44-49)52-25-11-4-12-26-52/h1-44H. The zero-order valence-electron chi connectivity index (χ0n) is 36.8. The van der Waals surface area contributed by atoms with Crippen molar-refractivity contribution in [2.45, 2.75) is 5.41 Å². The Morgan fingerprint density at radius 2 is 0.866 bits per heavy atom. The van der Waals surface area contributed by atoms with Gasteiger partial charge in [0.25, 0.3) is 0 Å². The Hall–Kier alpha value is -8.72. The molecule has 2 heteroatoms. The van der Waals surface area contributed by atoms with E-state index in [0.717, 1.165) is 28.3 Å². The van der Waals surface area contributed by atoms with Crippen LogP contribution in [0, 0.1) is 0 Å². The topological polar surface area (TPSA) is 8.17 Å². The molecule has 0 unspecified atom stereocenters. The molecule has 0 radical (unpaired) electrons. The molecule has 1 aromatic heterocycles. The zero-order chi connectivity index (χ0) is 44.3. The lowest BCUT2D eigenvalue weighted by molar-refractivity contribution is 0.768. The highest BCUT2D eigenvalue weighted by Gasteiger charge is 2.47. The summed E-state index contributed by atoms with van der Waals surface area (Å²) in [5.74, 6) is 0. The highest BCUT2D eigenvalue weighted by molar-refractivity contribution is 6.19. The molecular formula is C65H44N2. The van der Waals surface area contributed by atoms with Gasteiger partial charge in [-0.15, -0.1) is 0 Å². The summed E-state index contributed by atoms with van der Waals surface area (Å²) in [6.45, 7) is 0. The van der Waals surface area contributed by atoms with Gasteiger partial charge in [-0.2, -0.15) is 0 Å². The van der Waals surface area contributed by atoms with Crippen LogP contribution in [0.5, 0.6) is 0 Å². The molecule has 0 aliphatic heterocycles. The van der Waals surface area contributed by atoms with Gasteiger partial charge >= 0.3 is 0 Å². The van der Waals surface area contributed by atoms with Crippen LogP contribution in [-0.4, -0.2) is 4.57 Å². The first kappa shape index (κ1) is 38.7. The second-order valence-corrected chi connectivity index (χ2v) is 17.6. The molecule has 0 amide bonds. The number of fused-ring (bicyclic) bond motifs is 8. The summed E-state index contributed by atoms with van der Waals surface area (Å²) in [7, 11) is 0. The number of anilines is 3. The lowest BCUT2D eigenvalue weighted by Gasteiger charge is -2.34. The Bertz CT molecular complexity index is 3720. The molecule has 314 valence electrons. The maximum atomic E-state index is 2.46. The fourth-order valence-corrected chi connectivity index (χ4v) is 11.1. The summed E-state index contributed by atoms with van der Waals surface area (Å²) in [5.41, 5.74) is 18.7. The molecule has 12 aromatic rings. The number of rotatable bonds is 8. The second-order valence-electron chi connectivity index (χ2n) is 17.6. The fourth-order valence-electron chi connectivity index (χ4n) is 11.1. The number of hydrogen-bond donors (Lipinski definition) is 0. The first-order valence-corrected chi connectivity index (χ1v) is 23.2. The lowest BCUT2D eigenvalue weighted by Crippen LogP contribution is -2.28. The maximum Gasteiger partial charge on any atom is 0.0714 e. The molecule has 13 rings (SSSR count). The van der Waals surface area contributed by atoms with Crippen LogP contribution in [0.25, 0.3) is 71.6 Å². The summed E-state index contributed by atoms with van der Waals surface area (Å²) in [5, 5.41) is 5.00. The van der Waals surface area contributed by atoms with Crippen LogP contribution in [0.3, 0.4) is 0 Å². The summed E-state index contributed by atoms with van der Waals surface area (Å²) in [4.78, 5) is 2.46. The van der Waals surface area contributed by atoms with E-state index >= 15 is 0 Å². The number of aromatic nitrogens is 1. The molecule has 2 nitrogen and oxygen atoms in total. The van der Waals surface area contributed by atoms with Crippen LogP contribution in [0.4, 0.5) is 17.1 Å². The van der Waals surface area contributed by atoms with E-state index in [0.29, 0.717) is 0 Å². The summed E-state index contributed by atoms with van der Waals surface area (Å²) >= 11 is 0. The van der Waals surface area contributed by atoms with E-state index in [-0.39, 0.29) is 0 Å². The van der Waals surface area contributed by atoms with Gasteiger partial charge in [-0.05, 0) is 104 Å². The van der Waals surface area contributed by atoms with Gasteiger partial charge in [-0.25, -0.2) is 0 Å². The van der Waals surface area contributed by atoms with Gasteiger partial charge in [0.1, 0.15) is 0 Å². The normalized spacial score (nSPS) is 12.6. The number of hydrogen-bond acceptors (Lipinski definition) is 1. The predicted molar refractivity (Wildman–Crippen MR) is 281 cm³/mol. The van der Waals surface area contributed by atoms with Crippen molar-refractivity contribution in [2.24, 2.45) is 0 Å². The first-order chi connectivity index (χ1) is 33.3. The van der Waals surface area contributed by atoms with Gasteiger partial charge in [0.15, 0.2) is 0 Å². The van der Waals surface area contributed by atoms with Crippen molar-refractivity contribution in [3.63, 3.8) is 0 Å². The zero-order valence-corrected chi connectivity index (χ0v) is 36.8. The van der Waals surface area contributed by atoms with Crippen LogP contribution >= 0.6 is 0 Å². The Balaban J connectivity index is 0.998. The molecule has 11 aromatic carbocycles. The van der Waals surface area contributed by atoms with E-state index in [2.05, 4.69) is 276 Å². The van der Waals surface area contributed by atoms with Crippen molar-refractivity contribution in [3.8, 4) is 39.1 Å². The fraction of sp³-hybridized carbons (Fsp3) is 0.0154. The van der Waals surface area contributed by atoms with Gasteiger partial charge in [-0.3, -0.25) is 0 Å². The van der Waals surface area contributed by atoms with E-state index in [1.165, 1.54) is 82.6 Å². The molecule has 0 atom stereocenters. The first-order valence-electron chi connectivity index (χ1n) is 23.2. The van der Waals surface area contributed by atoms with Crippen molar-refractivity contribution in [2.75, 3.05) is 4.90 Å². The van der Waals surface area contributed by atoms with Gasteiger partial charge in [0, 0.05) is 38.8 Å². The SMILES string of the molecule is c1ccc(-c2ccc(N(c3ccc(-c4ccc5c6ccc7ccccc7c6n(-c6ccccc6)c5c4)cc3)c3cccc4c3-c3ccccc3C4(c3ccccc3)c3ccccc3)cc2)cc1. The minimum Gasteiger partial charge on any atom is -0.310 e. The Labute approximate surface area is 390 Å². The van der Waals surface area contributed by atoms with E-state index < -0.39 is 5.41 Å². The van der Waals surface area contributed by atoms with Crippen molar-refractivity contribution < 1.29 is 0 Å². The largest absolute Gasteiger partial charge is 0.310 e. The number of para-hydroxylation sites is 1. The van der Waals surface area contributed by atoms with Gasteiger partial charge < -0.3 is 9.47 Å². The molecule has 1 aliphatic carbocycles. The molecule has 1 aliphatic rings. The second kappa shape index (κ2) is 15.8. The molecule has 0 fully saturated rings. The van der Waals surface area contributed by atoms with Crippen molar-refractivity contribution in [1.29, 1.82) is 0 Å². The Morgan fingerprint density at radius 1 is 0.343 bits per heavy atom. The van der Waals surface area contributed by atoms with Gasteiger partial charge in [0.2, 0.25) is 0 Å². The van der Waals surface area contributed by atoms with E-state index in [1.54, 1.807) is 0 Å². The van der Waals surface area contributed by atoms with E-state index in [9.17, 15) is 0 Å². The van der Waals surface area contributed by atoms with Crippen LogP contribution in [0.1, 0.15) is 22.3 Å². The number of benzene rings is 11. The summed E-state index contributed by atoms with van der Waals surface area (Å²) in [6, 6.07) is 98.0. The molecule has 0 saturated carbocycles. The van der Waals surface area contributed by atoms with Gasteiger partial charge in [-0.1, -0.05) is 218 Å². The average molecular weight is 853 g/mol. The third kappa shape index (κ3) is 6.11. The Morgan fingerprint density at radius 3 is 1.55 bits per heavy atom. The average Bonchev–Trinajstić information content (AvgIpc) is 3.91. The van der Waals surface area contributed by atoms with Crippen LogP contribution in [0.2, 0.25) is 0 Å². The molecular weight excluding hydrogens is 809 g/mol. The maximum absolute atomic E-state index is 2.46. The van der Waals surface area contributed by atoms with Crippen molar-refractivity contribution in [1.82, 2.24) is 4.57 Å². The summed E-state index contributed by atoms with van der Waals surface area (Å²) in [6.07, 6.45) is 0. The Kier molecular flexibility index (Phi) is 9.11. The minimum absolute atomic E-state index is 0.510. The molecule has 0 saturated heterocycles. The molecule has 1 heterocycles. The predicted octanol–water partition coefficient (Wildman–Crippen LogP) is 17.1. The van der Waals surface area contributed by atoms with E-state index in [1.807, 2.05) is 0 Å². The molecule has 0 bridgehead atoms. The van der Waals surface area contributed by atoms with Crippen LogP contribution in [0.15, 0.2) is 267 Å². The minimum atomic E-state index is -0.510. The summed E-state index contributed by atoms with van der Waals surface area (Å²) < 4.78 is 2.45. The molecule has 67 heavy (non-hydrogen) atoms. The van der Waals surface area contributed by atoms with Crippen molar-refractivity contribution in [3.05, 3.63) is 289 Å². The lowest BCUT2D eigenvalue weighted by atomic mass is 9.68. The third-order valence-electron chi connectivity index (χ3n) is 14.1. The monoisotopic (exact) mass is 852 g/mol. The van der Waals surface area contributed by atoms with Crippen molar-refractivity contribution >= 4 is 49.6 Å². The highest BCUT2D eigenvalue weighted by atomic mass is 15.1. The van der Waals surface area contributed by atoms with Crippen LogP contribution in [-0.2, 0) is 5.41 Å². The number of nitrogens with zero attached hydrogens (tertiary/aromatic N) is 2.